The summed E-state index contributed by atoms with van der Waals surface area (Å²) < 4.78 is 11.1. The first kappa shape index (κ1) is 12.6. The van der Waals surface area contributed by atoms with Gasteiger partial charge in [-0.25, -0.2) is 0 Å². The average molecular weight is 253 g/mol. The molecule has 94 valence electrons. The molecule has 1 N–H and O–H groups in total. The number of hydrogen-bond donors (Lipinski definition) is 1. The van der Waals surface area contributed by atoms with E-state index in [2.05, 4.69) is 24.4 Å². The largest absolute Gasteiger partial charge is 0.486 e. The Morgan fingerprint density at radius 3 is 2.76 bits per heavy atom. The molecule has 0 radical (unpaired) electrons. The summed E-state index contributed by atoms with van der Waals surface area (Å²) in [6.07, 6.45) is 1.15. The van der Waals surface area contributed by atoms with Gasteiger partial charge in [-0.1, -0.05) is 6.92 Å². The summed E-state index contributed by atoms with van der Waals surface area (Å²) in [6, 6.07) is 6.73. The molecule has 3 nitrogen and oxygen atoms in total. The highest BCUT2D eigenvalue weighted by molar-refractivity contribution is 7.99. The summed E-state index contributed by atoms with van der Waals surface area (Å²) in [5.41, 5.74) is 0. The van der Waals surface area contributed by atoms with E-state index in [4.69, 9.17) is 9.47 Å². The minimum Gasteiger partial charge on any atom is -0.486 e. The van der Waals surface area contributed by atoms with Crippen LogP contribution >= 0.6 is 11.8 Å². The Labute approximate surface area is 107 Å². The Morgan fingerprint density at radius 2 is 2.06 bits per heavy atom. The molecule has 1 atom stereocenters. The van der Waals surface area contributed by atoms with Gasteiger partial charge in [-0.05, 0) is 31.7 Å². The summed E-state index contributed by atoms with van der Waals surface area (Å²) in [7, 11) is 2.01. The van der Waals surface area contributed by atoms with E-state index in [0.29, 0.717) is 19.3 Å². The van der Waals surface area contributed by atoms with Gasteiger partial charge in [-0.2, -0.15) is 0 Å². The summed E-state index contributed by atoms with van der Waals surface area (Å²) in [5, 5.41) is 3.31. The zero-order chi connectivity index (χ0) is 12.1. The Hall–Kier alpha value is -0.870. The normalized spacial score (nSPS) is 15.6. The van der Waals surface area contributed by atoms with E-state index >= 15 is 0 Å². The van der Waals surface area contributed by atoms with Gasteiger partial charge in [0.25, 0.3) is 0 Å². The van der Waals surface area contributed by atoms with Crippen LogP contribution in [0.25, 0.3) is 0 Å². The third-order valence-corrected chi connectivity index (χ3v) is 4.02. The third kappa shape index (κ3) is 3.30. The molecule has 1 heterocycles. The smallest absolute Gasteiger partial charge is 0.162 e. The maximum Gasteiger partial charge on any atom is 0.162 e. The molecule has 0 spiro atoms. The van der Waals surface area contributed by atoms with Crippen LogP contribution in [0.15, 0.2) is 23.1 Å². The Bertz CT molecular complexity index is 366. The van der Waals surface area contributed by atoms with Crippen molar-refractivity contribution >= 4 is 11.8 Å². The first-order valence-corrected chi connectivity index (χ1v) is 7.01. The lowest BCUT2D eigenvalue weighted by Gasteiger charge is -2.19. The second kappa shape index (κ2) is 6.17. The van der Waals surface area contributed by atoms with Gasteiger partial charge in [-0.3, -0.25) is 0 Å². The van der Waals surface area contributed by atoms with E-state index < -0.39 is 0 Å². The van der Waals surface area contributed by atoms with Crippen molar-refractivity contribution in [1.29, 1.82) is 0 Å². The number of thioether (sulfide) groups is 1. The van der Waals surface area contributed by atoms with E-state index in [1.807, 2.05) is 24.9 Å². The molecular formula is C13H19NO2S. The number of ether oxygens (including phenoxy) is 2. The Kier molecular flexibility index (Phi) is 4.57. The summed E-state index contributed by atoms with van der Waals surface area (Å²) in [6.45, 7) is 3.50. The van der Waals surface area contributed by atoms with Crippen LogP contribution in [0.5, 0.6) is 11.5 Å². The molecule has 1 aromatic carbocycles. The lowest BCUT2D eigenvalue weighted by Crippen LogP contribution is -2.26. The van der Waals surface area contributed by atoms with Gasteiger partial charge in [0.15, 0.2) is 11.5 Å². The van der Waals surface area contributed by atoms with E-state index in [0.717, 1.165) is 23.7 Å². The second-order valence-electron chi connectivity index (χ2n) is 4.01. The van der Waals surface area contributed by atoms with Crippen LogP contribution in [-0.2, 0) is 0 Å². The average Bonchev–Trinajstić information content (AvgIpc) is 2.40. The SMILES string of the molecule is CCC(CSc1ccc2c(c1)OCCO2)NC. The molecule has 1 aliphatic heterocycles. The fourth-order valence-electron chi connectivity index (χ4n) is 1.72. The Morgan fingerprint density at radius 1 is 1.29 bits per heavy atom. The molecule has 0 aliphatic carbocycles. The molecule has 0 amide bonds. The van der Waals surface area contributed by atoms with Gasteiger partial charge < -0.3 is 14.8 Å². The van der Waals surface area contributed by atoms with E-state index in [1.54, 1.807) is 0 Å². The first-order valence-electron chi connectivity index (χ1n) is 6.03. The van der Waals surface area contributed by atoms with E-state index in [9.17, 15) is 0 Å². The number of rotatable bonds is 5. The Balaban J connectivity index is 1.97. The molecule has 1 unspecified atom stereocenters. The number of fused-ring (bicyclic) bond motifs is 1. The summed E-state index contributed by atoms with van der Waals surface area (Å²) in [4.78, 5) is 1.24. The van der Waals surface area contributed by atoms with Crippen molar-refractivity contribution in [2.24, 2.45) is 0 Å². The highest BCUT2D eigenvalue weighted by Crippen LogP contribution is 2.34. The molecule has 2 rings (SSSR count). The fraction of sp³-hybridized carbons (Fsp3) is 0.538. The second-order valence-corrected chi connectivity index (χ2v) is 5.10. The molecule has 0 bridgehead atoms. The van der Waals surface area contributed by atoms with Crippen molar-refractivity contribution in [1.82, 2.24) is 5.32 Å². The molecule has 1 aliphatic rings. The van der Waals surface area contributed by atoms with Gasteiger partial charge in [0.1, 0.15) is 13.2 Å². The van der Waals surface area contributed by atoms with E-state index in [-0.39, 0.29) is 0 Å². The van der Waals surface area contributed by atoms with Gasteiger partial charge in [0.2, 0.25) is 0 Å². The van der Waals surface area contributed by atoms with Crippen LogP contribution in [-0.4, -0.2) is 32.1 Å². The van der Waals surface area contributed by atoms with Crippen molar-refractivity contribution in [3.63, 3.8) is 0 Å². The van der Waals surface area contributed by atoms with Crippen molar-refractivity contribution in [3.05, 3.63) is 18.2 Å². The van der Waals surface area contributed by atoms with Crippen LogP contribution in [0.2, 0.25) is 0 Å². The summed E-state index contributed by atoms with van der Waals surface area (Å²) >= 11 is 1.85. The highest BCUT2D eigenvalue weighted by Gasteiger charge is 2.12. The van der Waals surface area contributed by atoms with Crippen molar-refractivity contribution in [2.45, 2.75) is 24.3 Å². The maximum absolute atomic E-state index is 5.57. The minimum absolute atomic E-state index is 0.563. The molecule has 4 heteroatoms. The van der Waals surface area contributed by atoms with E-state index in [1.165, 1.54) is 4.90 Å². The molecule has 17 heavy (non-hydrogen) atoms. The van der Waals surface area contributed by atoms with Gasteiger partial charge in [0.05, 0.1) is 0 Å². The number of hydrogen-bond acceptors (Lipinski definition) is 4. The molecule has 0 aromatic heterocycles. The molecular weight excluding hydrogens is 234 g/mol. The third-order valence-electron chi connectivity index (χ3n) is 2.87. The monoisotopic (exact) mass is 253 g/mol. The van der Waals surface area contributed by atoms with Gasteiger partial charge in [-0.15, -0.1) is 11.8 Å². The lowest BCUT2D eigenvalue weighted by molar-refractivity contribution is 0.171. The molecule has 0 fully saturated rings. The van der Waals surface area contributed by atoms with Crippen molar-refractivity contribution in [2.75, 3.05) is 26.0 Å². The standard InChI is InChI=1S/C13H19NO2S/c1-3-10(14-2)9-17-11-4-5-12-13(8-11)16-7-6-15-12/h4-5,8,10,14H,3,6-7,9H2,1-2H3. The van der Waals surface area contributed by atoms with Gasteiger partial charge in [0, 0.05) is 16.7 Å². The number of benzene rings is 1. The first-order chi connectivity index (χ1) is 8.33. The predicted octanol–water partition coefficient (Wildman–Crippen LogP) is 2.55. The fourth-order valence-corrected chi connectivity index (χ4v) is 2.87. The van der Waals surface area contributed by atoms with Crippen molar-refractivity contribution in [3.8, 4) is 11.5 Å². The molecule has 0 saturated heterocycles. The van der Waals surface area contributed by atoms with Crippen LogP contribution in [0.1, 0.15) is 13.3 Å². The maximum atomic E-state index is 5.57. The van der Waals surface area contributed by atoms with Crippen LogP contribution < -0.4 is 14.8 Å². The predicted molar refractivity (Wildman–Crippen MR) is 71.3 cm³/mol. The van der Waals surface area contributed by atoms with Gasteiger partial charge >= 0.3 is 0 Å². The summed E-state index contributed by atoms with van der Waals surface area (Å²) in [5.74, 6) is 2.81. The van der Waals surface area contributed by atoms with Crippen molar-refractivity contribution < 1.29 is 9.47 Å². The molecule has 1 aromatic rings. The lowest BCUT2D eigenvalue weighted by atomic mass is 10.3. The zero-order valence-electron chi connectivity index (χ0n) is 10.4. The topological polar surface area (TPSA) is 30.5 Å². The quantitative estimate of drug-likeness (QED) is 0.817. The van der Waals surface area contributed by atoms with Crippen LogP contribution in [0.3, 0.4) is 0 Å². The van der Waals surface area contributed by atoms with Crippen LogP contribution in [0.4, 0.5) is 0 Å². The minimum atomic E-state index is 0.563. The zero-order valence-corrected chi connectivity index (χ0v) is 11.2. The van der Waals surface area contributed by atoms with Crippen LogP contribution in [0, 0.1) is 0 Å². The highest BCUT2D eigenvalue weighted by atomic mass is 32.2. The molecule has 0 saturated carbocycles. The number of nitrogens with one attached hydrogen (secondary N) is 1.